The summed E-state index contributed by atoms with van der Waals surface area (Å²) in [6.07, 6.45) is 8.09. The van der Waals surface area contributed by atoms with Gasteiger partial charge in [-0.2, -0.15) is 0 Å². The number of allylic oxidation sites excluding steroid dienone is 3. The maximum Gasteiger partial charge on any atom is 0.147 e. The van der Waals surface area contributed by atoms with Gasteiger partial charge in [0, 0.05) is 23.7 Å². The number of rotatable bonds is 2. The smallest absolute Gasteiger partial charge is 0.147 e. The van der Waals surface area contributed by atoms with Crippen molar-refractivity contribution >= 4 is 11.6 Å². The molecule has 0 saturated heterocycles. The Morgan fingerprint density at radius 3 is 3.00 bits per heavy atom. The molecule has 3 rings (SSSR count). The second-order valence-electron chi connectivity index (χ2n) is 5.82. The number of ketones is 2. The summed E-state index contributed by atoms with van der Waals surface area (Å²) in [4.78, 5) is 24.6. The van der Waals surface area contributed by atoms with Crippen LogP contribution in [0.25, 0.3) is 0 Å². The highest BCUT2D eigenvalue weighted by Crippen LogP contribution is 2.62. The number of carbonyl (C=O) groups excluding carboxylic acids is 2. The zero-order chi connectivity index (χ0) is 12.2. The first kappa shape index (κ1) is 10.9. The molecule has 3 aliphatic rings. The van der Waals surface area contributed by atoms with Gasteiger partial charge in [0.2, 0.25) is 0 Å². The summed E-state index contributed by atoms with van der Waals surface area (Å²) >= 11 is 0. The summed E-state index contributed by atoms with van der Waals surface area (Å²) in [5.41, 5.74) is -0.404. The van der Waals surface area contributed by atoms with E-state index in [0.717, 1.165) is 6.42 Å². The average Bonchev–Trinajstić information content (AvgIpc) is 2.88. The van der Waals surface area contributed by atoms with Crippen molar-refractivity contribution in [3.05, 3.63) is 24.8 Å². The highest BCUT2D eigenvalue weighted by atomic mass is 16.1. The van der Waals surface area contributed by atoms with Crippen LogP contribution < -0.4 is 0 Å². The fourth-order valence-electron chi connectivity index (χ4n) is 4.52. The quantitative estimate of drug-likeness (QED) is 0.683. The Morgan fingerprint density at radius 2 is 2.29 bits per heavy atom. The molecular weight excluding hydrogens is 212 g/mol. The third kappa shape index (κ3) is 1.16. The molecule has 5 atom stereocenters. The number of hydrogen-bond donors (Lipinski definition) is 0. The van der Waals surface area contributed by atoms with E-state index in [9.17, 15) is 9.59 Å². The highest BCUT2D eigenvalue weighted by Gasteiger charge is 2.65. The van der Waals surface area contributed by atoms with Crippen LogP contribution in [0.15, 0.2) is 24.8 Å². The lowest BCUT2D eigenvalue weighted by Gasteiger charge is -2.29. The lowest BCUT2D eigenvalue weighted by molar-refractivity contribution is -0.130. The first-order chi connectivity index (χ1) is 8.12. The van der Waals surface area contributed by atoms with Crippen molar-refractivity contribution in [1.29, 1.82) is 0 Å². The summed E-state index contributed by atoms with van der Waals surface area (Å²) in [6.45, 7) is 5.78. The standard InChI is InChI=1S/C15H18O2/c1-3-7-15-8-12(16)9(2)13(15)10-5-4-6-11(10)14(15)17/h3-4,6,9-11,13H,1,5,7-8H2,2H3/t9-,10+,11-,13-,15-/m1/s1. The minimum Gasteiger partial charge on any atom is -0.299 e. The first-order valence-electron chi connectivity index (χ1n) is 6.46. The summed E-state index contributed by atoms with van der Waals surface area (Å²) in [6, 6.07) is 0. The molecule has 90 valence electrons. The number of hydrogen-bond acceptors (Lipinski definition) is 2. The monoisotopic (exact) mass is 230 g/mol. The second-order valence-corrected chi connectivity index (χ2v) is 5.82. The van der Waals surface area contributed by atoms with Crippen LogP contribution in [0.4, 0.5) is 0 Å². The Morgan fingerprint density at radius 1 is 1.53 bits per heavy atom. The molecule has 0 heterocycles. The van der Waals surface area contributed by atoms with E-state index in [1.807, 2.05) is 13.0 Å². The zero-order valence-corrected chi connectivity index (χ0v) is 10.2. The fourth-order valence-corrected chi connectivity index (χ4v) is 4.52. The largest absolute Gasteiger partial charge is 0.299 e. The molecule has 0 amide bonds. The zero-order valence-electron chi connectivity index (χ0n) is 10.2. The van der Waals surface area contributed by atoms with E-state index < -0.39 is 5.41 Å². The Hall–Kier alpha value is -1.18. The van der Waals surface area contributed by atoms with Gasteiger partial charge in [0.25, 0.3) is 0 Å². The molecule has 0 aromatic carbocycles. The molecule has 0 spiro atoms. The molecule has 3 aliphatic carbocycles. The van der Waals surface area contributed by atoms with Crippen LogP contribution in [0.2, 0.25) is 0 Å². The molecule has 0 N–H and O–H groups in total. The molecule has 2 saturated carbocycles. The van der Waals surface area contributed by atoms with Gasteiger partial charge >= 0.3 is 0 Å². The van der Waals surface area contributed by atoms with Gasteiger partial charge < -0.3 is 0 Å². The van der Waals surface area contributed by atoms with Crippen LogP contribution in [0.3, 0.4) is 0 Å². The van der Waals surface area contributed by atoms with E-state index in [4.69, 9.17) is 0 Å². The van der Waals surface area contributed by atoms with E-state index >= 15 is 0 Å². The lowest BCUT2D eigenvalue weighted by Crippen LogP contribution is -2.31. The summed E-state index contributed by atoms with van der Waals surface area (Å²) < 4.78 is 0. The van der Waals surface area contributed by atoms with Gasteiger partial charge in [-0.3, -0.25) is 9.59 Å². The molecular formula is C15H18O2. The molecule has 0 aromatic heterocycles. The van der Waals surface area contributed by atoms with Gasteiger partial charge in [-0.25, -0.2) is 0 Å². The molecule has 0 unspecified atom stereocenters. The van der Waals surface area contributed by atoms with Crippen LogP contribution in [0.1, 0.15) is 26.2 Å². The average molecular weight is 230 g/mol. The van der Waals surface area contributed by atoms with Gasteiger partial charge in [0.05, 0.1) is 0 Å². The van der Waals surface area contributed by atoms with Crippen molar-refractivity contribution in [2.24, 2.45) is 29.1 Å². The van der Waals surface area contributed by atoms with E-state index in [1.165, 1.54) is 0 Å². The topological polar surface area (TPSA) is 34.1 Å². The van der Waals surface area contributed by atoms with Crippen molar-refractivity contribution in [3.63, 3.8) is 0 Å². The van der Waals surface area contributed by atoms with Crippen LogP contribution in [0.5, 0.6) is 0 Å². The normalized spacial score (nSPS) is 47.4. The van der Waals surface area contributed by atoms with Crippen LogP contribution in [-0.4, -0.2) is 11.6 Å². The Labute approximate surface area is 102 Å². The third-order valence-corrected chi connectivity index (χ3v) is 5.15. The fraction of sp³-hybridized carbons (Fsp3) is 0.600. The molecule has 2 heteroatoms. The second kappa shape index (κ2) is 3.41. The number of fused-ring (bicyclic) bond motifs is 3. The van der Waals surface area contributed by atoms with Crippen LogP contribution in [-0.2, 0) is 9.59 Å². The number of Topliss-reactive ketones (excluding diaryl/α,β-unsaturated/α-hetero) is 2. The van der Waals surface area contributed by atoms with Crippen LogP contribution in [0, 0.1) is 29.1 Å². The van der Waals surface area contributed by atoms with E-state index in [0.29, 0.717) is 24.5 Å². The van der Waals surface area contributed by atoms with Crippen molar-refractivity contribution in [3.8, 4) is 0 Å². The Bertz CT molecular complexity index is 434. The molecule has 17 heavy (non-hydrogen) atoms. The minimum absolute atomic E-state index is 0.0498. The summed E-state index contributed by atoms with van der Waals surface area (Å²) in [5, 5.41) is 0. The van der Waals surface area contributed by atoms with Crippen molar-refractivity contribution < 1.29 is 9.59 Å². The highest BCUT2D eigenvalue weighted by molar-refractivity contribution is 6.00. The molecule has 2 fully saturated rings. The Balaban J connectivity index is 2.08. The van der Waals surface area contributed by atoms with Gasteiger partial charge in [-0.15, -0.1) is 6.58 Å². The molecule has 0 aliphatic heterocycles. The summed E-state index contributed by atoms with van der Waals surface area (Å²) in [5.74, 6) is 1.34. The van der Waals surface area contributed by atoms with Gasteiger partial charge in [-0.1, -0.05) is 25.2 Å². The van der Waals surface area contributed by atoms with Gasteiger partial charge in [-0.05, 0) is 24.7 Å². The first-order valence-corrected chi connectivity index (χ1v) is 6.46. The van der Waals surface area contributed by atoms with E-state index in [-0.39, 0.29) is 23.5 Å². The number of carbonyl (C=O) groups is 2. The molecule has 0 aromatic rings. The molecule has 0 radical (unpaired) electrons. The third-order valence-electron chi connectivity index (χ3n) is 5.15. The maximum absolute atomic E-state index is 12.6. The molecule has 0 bridgehead atoms. The van der Waals surface area contributed by atoms with E-state index in [1.54, 1.807) is 0 Å². The van der Waals surface area contributed by atoms with Crippen LogP contribution >= 0.6 is 0 Å². The lowest BCUT2D eigenvalue weighted by atomic mass is 9.72. The predicted octanol–water partition coefficient (Wildman–Crippen LogP) is 2.55. The van der Waals surface area contributed by atoms with Gasteiger partial charge in [0.15, 0.2) is 0 Å². The minimum atomic E-state index is -0.404. The predicted molar refractivity (Wildman–Crippen MR) is 65.3 cm³/mol. The maximum atomic E-state index is 12.6. The summed E-state index contributed by atoms with van der Waals surface area (Å²) in [7, 11) is 0. The SMILES string of the molecule is C=CC[C@@]12CC(=O)[C@@H](C)[C@@H]1[C@H]1CC=C[C@H]1C2=O. The Kier molecular flexibility index (Phi) is 2.19. The van der Waals surface area contributed by atoms with E-state index in [2.05, 4.69) is 18.7 Å². The molecule has 2 nitrogen and oxygen atoms in total. The van der Waals surface area contributed by atoms with Crippen molar-refractivity contribution in [2.75, 3.05) is 0 Å². The van der Waals surface area contributed by atoms with Crippen molar-refractivity contribution in [2.45, 2.75) is 26.2 Å². The van der Waals surface area contributed by atoms with Crippen molar-refractivity contribution in [1.82, 2.24) is 0 Å². The van der Waals surface area contributed by atoms with Gasteiger partial charge in [0.1, 0.15) is 11.6 Å².